The van der Waals surface area contributed by atoms with E-state index in [4.69, 9.17) is 0 Å². The van der Waals surface area contributed by atoms with Gasteiger partial charge in [0.05, 0.1) is 17.9 Å². The Kier molecular flexibility index (Phi) is 2.52. The second kappa shape index (κ2) is 4.18. The van der Waals surface area contributed by atoms with E-state index in [1.165, 1.54) is 11.1 Å². The fourth-order valence-corrected chi connectivity index (χ4v) is 2.05. The fraction of sp³-hybridized carbons (Fsp3) is 0.133. The Labute approximate surface area is 105 Å². The van der Waals surface area contributed by atoms with Gasteiger partial charge in [-0.2, -0.15) is 0 Å². The Balaban J connectivity index is 1.99. The van der Waals surface area contributed by atoms with Crippen LogP contribution in [0.2, 0.25) is 0 Å². The molecule has 1 aromatic carbocycles. The minimum Gasteiger partial charge on any atom is -0.506 e. The zero-order chi connectivity index (χ0) is 12.5. The minimum absolute atomic E-state index is 0.255. The Morgan fingerprint density at radius 2 is 1.89 bits per heavy atom. The van der Waals surface area contributed by atoms with Gasteiger partial charge in [0.25, 0.3) is 0 Å². The van der Waals surface area contributed by atoms with Gasteiger partial charge in [0.1, 0.15) is 11.6 Å². The van der Waals surface area contributed by atoms with Gasteiger partial charge in [0, 0.05) is 6.42 Å². The van der Waals surface area contributed by atoms with Crippen LogP contribution in [0.15, 0.2) is 48.8 Å². The molecule has 0 spiro atoms. The van der Waals surface area contributed by atoms with Gasteiger partial charge >= 0.3 is 0 Å². The average molecular weight is 238 g/mol. The van der Waals surface area contributed by atoms with Gasteiger partial charge in [0.15, 0.2) is 0 Å². The number of rotatable bonds is 2. The highest BCUT2D eigenvalue weighted by Crippen LogP contribution is 2.16. The second-order valence-corrected chi connectivity index (χ2v) is 4.52. The van der Waals surface area contributed by atoms with Crippen molar-refractivity contribution in [2.75, 3.05) is 0 Å². The highest BCUT2D eigenvalue weighted by atomic mass is 16.3. The zero-order valence-corrected chi connectivity index (χ0v) is 10.2. The van der Waals surface area contributed by atoms with E-state index in [0.717, 1.165) is 17.8 Å². The van der Waals surface area contributed by atoms with Gasteiger partial charge in [-0.25, -0.2) is 4.98 Å². The number of fused-ring (bicyclic) bond motifs is 1. The summed E-state index contributed by atoms with van der Waals surface area (Å²) in [5.41, 5.74) is 3.47. The van der Waals surface area contributed by atoms with E-state index in [1.54, 1.807) is 12.3 Å². The number of pyridine rings is 1. The van der Waals surface area contributed by atoms with Crippen molar-refractivity contribution < 1.29 is 5.11 Å². The van der Waals surface area contributed by atoms with Gasteiger partial charge in [-0.15, -0.1) is 0 Å². The molecule has 3 nitrogen and oxygen atoms in total. The zero-order valence-electron chi connectivity index (χ0n) is 10.2. The number of nitrogens with zero attached hydrogens (tertiary/aromatic N) is 2. The summed E-state index contributed by atoms with van der Waals surface area (Å²) >= 11 is 0. The lowest BCUT2D eigenvalue weighted by Crippen LogP contribution is -1.96. The van der Waals surface area contributed by atoms with Crippen LogP contribution >= 0.6 is 0 Å². The predicted octanol–water partition coefficient (Wildman–Crippen LogP) is 2.94. The molecule has 0 saturated carbocycles. The molecule has 0 aliphatic carbocycles. The van der Waals surface area contributed by atoms with Crippen LogP contribution in [-0.4, -0.2) is 14.5 Å². The van der Waals surface area contributed by atoms with Crippen LogP contribution in [0, 0.1) is 6.92 Å². The number of benzene rings is 1. The third-order valence-electron chi connectivity index (χ3n) is 3.07. The van der Waals surface area contributed by atoms with E-state index in [2.05, 4.69) is 36.2 Å². The summed E-state index contributed by atoms with van der Waals surface area (Å²) in [4.78, 5) is 4.41. The lowest BCUT2D eigenvalue weighted by molar-refractivity contribution is 0.471. The van der Waals surface area contributed by atoms with E-state index in [9.17, 15) is 5.11 Å². The van der Waals surface area contributed by atoms with Gasteiger partial charge in [-0.1, -0.05) is 29.8 Å². The standard InChI is InChI=1S/C15H14N2O/c1-11-2-4-12(5-3-11)8-15-16-9-13-6-7-14(18)10-17(13)15/h2-7,9-10,18H,8H2,1H3. The maximum Gasteiger partial charge on any atom is 0.132 e. The molecule has 2 heterocycles. The molecule has 18 heavy (non-hydrogen) atoms. The molecule has 2 aromatic heterocycles. The number of hydrogen-bond donors (Lipinski definition) is 1. The highest BCUT2D eigenvalue weighted by molar-refractivity contribution is 5.48. The molecule has 1 N–H and O–H groups in total. The Morgan fingerprint density at radius 1 is 1.11 bits per heavy atom. The molecule has 0 atom stereocenters. The van der Waals surface area contributed by atoms with E-state index in [0.29, 0.717) is 0 Å². The largest absolute Gasteiger partial charge is 0.506 e. The summed E-state index contributed by atoms with van der Waals surface area (Å²) in [6.07, 6.45) is 4.28. The van der Waals surface area contributed by atoms with Crippen LogP contribution in [0.4, 0.5) is 0 Å². The van der Waals surface area contributed by atoms with Crippen molar-refractivity contribution in [1.29, 1.82) is 0 Å². The predicted molar refractivity (Wildman–Crippen MR) is 70.8 cm³/mol. The Hall–Kier alpha value is -2.29. The molecular weight excluding hydrogens is 224 g/mol. The third kappa shape index (κ3) is 1.95. The van der Waals surface area contributed by atoms with Crippen LogP contribution in [0.5, 0.6) is 5.75 Å². The smallest absolute Gasteiger partial charge is 0.132 e. The summed E-state index contributed by atoms with van der Waals surface area (Å²) in [6.45, 7) is 2.08. The molecule has 3 heteroatoms. The first-order valence-corrected chi connectivity index (χ1v) is 5.93. The van der Waals surface area contributed by atoms with Gasteiger partial charge in [-0.3, -0.25) is 4.40 Å². The van der Waals surface area contributed by atoms with Crippen molar-refractivity contribution in [2.45, 2.75) is 13.3 Å². The van der Waals surface area contributed by atoms with Gasteiger partial charge < -0.3 is 5.11 Å². The van der Waals surface area contributed by atoms with Crippen LogP contribution in [0.3, 0.4) is 0 Å². The molecule has 0 fully saturated rings. The number of aromatic hydroxyl groups is 1. The van der Waals surface area contributed by atoms with Crippen molar-refractivity contribution in [3.63, 3.8) is 0 Å². The van der Waals surface area contributed by atoms with Crippen molar-refractivity contribution in [2.24, 2.45) is 0 Å². The molecule has 0 aliphatic rings. The van der Waals surface area contributed by atoms with E-state index in [1.807, 2.05) is 16.7 Å². The third-order valence-corrected chi connectivity index (χ3v) is 3.07. The monoisotopic (exact) mass is 238 g/mol. The first kappa shape index (κ1) is 10.8. The summed E-state index contributed by atoms with van der Waals surface area (Å²) in [5.74, 6) is 1.19. The Bertz CT molecular complexity index is 683. The lowest BCUT2D eigenvalue weighted by Gasteiger charge is -2.03. The van der Waals surface area contributed by atoms with Gasteiger partial charge in [0.2, 0.25) is 0 Å². The molecule has 0 unspecified atom stereocenters. The van der Waals surface area contributed by atoms with E-state index < -0.39 is 0 Å². The number of aromatic nitrogens is 2. The van der Waals surface area contributed by atoms with Gasteiger partial charge in [-0.05, 0) is 24.6 Å². The van der Waals surface area contributed by atoms with Crippen LogP contribution in [0.1, 0.15) is 17.0 Å². The highest BCUT2D eigenvalue weighted by Gasteiger charge is 2.05. The summed E-state index contributed by atoms with van der Waals surface area (Å²) in [6, 6.07) is 12.0. The molecule has 90 valence electrons. The number of aryl methyl sites for hydroxylation is 1. The fourth-order valence-electron chi connectivity index (χ4n) is 2.05. The number of imidazole rings is 1. The topological polar surface area (TPSA) is 37.5 Å². The summed E-state index contributed by atoms with van der Waals surface area (Å²) < 4.78 is 1.93. The Morgan fingerprint density at radius 3 is 2.67 bits per heavy atom. The molecule has 3 rings (SSSR count). The minimum atomic E-state index is 0.255. The second-order valence-electron chi connectivity index (χ2n) is 4.52. The lowest BCUT2D eigenvalue weighted by atomic mass is 10.1. The first-order chi connectivity index (χ1) is 8.72. The summed E-state index contributed by atoms with van der Waals surface area (Å²) in [7, 11) is 0. The maximum absolute atomic E-state index is 9.53. The van der Waals surface area contributed by atoms with Crippen LogP contribution in [0.25, 0.3) is 5.52 Å². The average Bonchev–Trinajstić information content (AvgIpc) is 2.75. The molecule has 0 saturated heterocycles. The molecule has 0 bridgehead atoms. The van der Waals surface area contributed by atoms with Crippen LogP contribution in [-0.2, 0) is 6.42 Å². The van der Waals surface area contributed by atoms with Crippen molar-refractivity contribution in [1.82, 2.24) is 9.38 Å². The molecule has 0 amide bonds. The molecular formula is C15H14N2O. The molecule has 0 radical (unpaired) electrons. The first-order valence-electron chi connectivity index (χ1n) is 5.93. The van der Waals surface area contributed by atoms with E-state index >= 15 is 0 Å². The van der Waals surface area contributed by atoms with Crippen molar-refractivity contribution in [3.8, 4) is 5.75 Å². The SMILES string of the molecule is Cc1ccc(Cc2ncc3ccc(O)cn23)cc1. The van der Waals surface area contributed by atoms with Crippen molar-refractivity contribution >= 4 is 5.52 Å². The normalized spacial score (nSPS) is 10.9. The van der Waals surface area contributed by atoms with Crippen LogP contribution < -0.4 is 0 Å². The number of hydrogen-bond acceptors (Lipinski definition) is 2. The molecule has 3 aromatic rings. The maximum atomic E-state index is 9.53. The molecule has 0 aliphatic heterocycles. The van der Waals surface area contributed by atoms with E-state index in [-0.39, 0.29) is 5.75 Å². The summed E-state index contributed by atoms with van der Waals surface area (Å²) in [5, 5.41) is 9.53. The quantitative estimate of drug-likeness (QED) is 0.745. The van der Waals surface area contributed by atoms with Crippen molar-refractivity contribution in [3.05, 3.63) is 65.7 Å².